The number of rotatable bonds is 3. The van der Waals surface area contributed by atoms with Crippen LogP contribution in [-0.4, -0.2) is 15.0 Å². The van der Waals surface area contributed by atoms with Crippen LogP contribution in [0.1, 0.15) is 5.56 Å². The van der Waals surface area contributed by atoms with Crippen molar-refractivity contribution >= 4 is 33.6 Å². The second-order valence-electron chi connectivity index (χ2n) is 6.11. The molecule has 0 spiro atoms. The van der Waals surface area contributed by atoms with Crippen molar-refractivity contribution in [3.8, 4) is 0 Å². The third-order valence-electron chi connectivity index (χ3n) is 4.38. The van der Waals surface area contributed by atoms with Gasteiger partial charge in [-0.3, -0.25) is 9.36 Å². The van der Waals surface area contributed by atoms with Crippen LogP contribution in [0.3, 0.4) is 0 Å². The van der Waals surface area contributed by atoms with Crippen molar-refractivity contribution in [1.82, 2.24) is 9.13 Å². The van der Waals surface area contributed by atoms with E-state index in [2.05, 4.69) is 5.32 Å². The molecule has 126 valence electrons. The maximum absolute atomic E-state index is 12.4. The van der Waals surface area contributed by atoms with Gasteiger partial charge >= 0.3 is 5.76 Å². The van der Waals surface area contributed by atoms with E-state index in [1.54, 1.807) is 25.2 Å². The Morgan fingerprint density at radius 1 is 1.16 bits per heavy atom. The molecule has 0 saturated carbocycles. The van der Waals surface area contributed by atoms with Crippen LogP contribution >= 0.6 is 0 Å². The molecule has 1 N–H and O–H groups in total. The smallest absolute Gasteiger partial charge is 0.408 e. The van der Waals surface area contributed by atoms with Gasteiger partial charge in [-0.05, 0) is 30.7 Å². The summed E-state index contributed by atoms with van der Waals surface area (Å²) in [6, 6.07) is 13.2. The fourth-order valence-corrected chi connectivity index (χ4v) is 3.13. The first kappa shape index (κ1) is 15.3. The number of nitrogens with zero attached hydrogens (tertiary/aromatic N) is 2. The quantitative estimate of drug-likeness (QED) is 0.626. The molecule has 0 aliphatic rings. The standard InChI is InChI=1S/C19H17N3O3/c1-12-10-22(15-6-4-3-5-14(12)15)11-18(23)20-13-7-8-16-17(9-13)25-19(24)21(16)2/h3-10H,11H2,1-2H3,(H,20,23). The summed E-state index contributed by atoms with van der Waals surface area (Å²) >= 11 is 0. The lowest BCUT2D eigenvalue weighted by molar-refractivity contribution is -0.116. The highest BCUT2D eigenvalue weighted by Gasteiger charge is 2.11. The molecule has 6 nitrogen and oxygen atoms in total. The molecule has 0 atom stereocenters. The Morgan fingerprint density at radius 2 is 1.96 bits per heavy atom. The second kappa shape index (κ2) is 5.66. The van der Waals surface area contributed by atoms with E-state index in [0.717, 1.165) is 16.5 Å². The van der Waals surface area contributed by atoms with E-state index in [1.165, 1.54) is 4.57 Å². The number of fused-ring (bicyclic) bond motifs is 2. The Kier molecular flexibility index (Phi) is 3.46. The van der Waals surface area contributed by atoms with E-state index in [0.29, 0.717) is 16.8 Å². The van der Waals surface area contributed by atoms with Crippen LogP contribution in [0.2, 0.25) is 0 Å². The summed E-state index contributed by atoms with van der Waals surface area (Å²) in [4.78, 5) is 24.0. The molecule has 25 heavy (non-hydrogen) atoms. The van der Waals surface area contributed by atoms with Crippen LogP contribution in [-0.2, 0) is 18.4 Å². The van der Waals surface area contributed by atoms with Crippen molar-refractivity contribution < 1.29 is 9.21 Å². The number of nitrogens with one attached hydrogen (secondary N) is 1. The first-order valence-electron chi connectivity index (χ1n) is 7.97. The van der Waals surface area contributed by atoms with Gasteiger partial charge in [-0.2, -0.15) is 0 Å². The SMILES string of the molecule is Cc1cn(CC(=O)Nc2ccc3c(c2)oc(=O)n3C)c2ccccc12. The zero-order valence-electron chi connectivity index (χ0n) is 13.9. The van der Waals surface area contributed by atoms with Crippen LogP contribution in [0.5, 0.6) is 0 Å². The van der Waals surface area contributed by atoms with Crippen LogP contribution in [0.15, 0.2) is 57.9 Å². The van der Waals surface area contributed by atoms with Gasteiger partial charge in [0.25, 0.3) is 0 Å². The van der Waals surface area contributed by atoms with E-state index in [-0.39, 0.29) is 12.5 Å². The zero-order chi connectivity index (χ0) is 17.6. The van der Waals surface area contributed by atoms with Gasteiger partial charge < -0.3 is 14.3 Å². The Labute approximate surface area is 143 Å². The molecule has 0 unspecified atom stereocenters. The van der Waals surface area contributed by atoms with Crippen LogP contribution in [0.25, 0.3) is 22.0 Å². The normalized spacial score (nSPS) is 11.3. The fraction of sp³-hybridized carbons (Fsp3) is 0.158. The number of hydrogen-bond donors (Lipinski definition) is 1. The molecule has 4 rings (SSSR count). The third kappa shape index (κ3) is 2.61. The van der Waals surface area contributed by atoms with E-state index in [9.17, 15) is 9.59 Å². The Morgan fingerprint density at radius 3 is 2.80 bits per heavy atom. The molecule has 2 heterocycles. The van der Waals surface area contributed by atoms with Crippen LogP contribution < -0.4 is 11.1 Å². The second-order valence-corrected chi connectivity index (χ2v) is 6.11. The predicted molar refractivity (Wildman–Crippen MR) is 96.8 cm³/mol. The summed E-state index contributed by atoms with van der Waals surface area (Å²) in [5, 5.41) is 4.00. The van der Waals surface area contributed by atoms with Crippen molar-refractivity contribution in [2.75, 3.05) is 5.32 Å². The van der Waals surface area contributed by atoms with Gasteiger partial charge in [0, 0.05) is 35.9 Å². The Hall–Kier alpha value is -3.28. The number of benzene rings is 2. The molecule has 4 aromatic rings. The molecule has 6 heteroatoms. The van der Waals surface area contributed by atoms with E-state index >= 15 is 0 Å². The lowest BCUT2D eigenvalue weighted by Gasteiger charge is -2.07. The minimum Gasteiger partial charge on any atom is -0.408 e. The van der Waals surface area contributed by atoms with Crippen molar-refractivity contribution in [3.05, 3.63) is 64.8 Å². The zero-order valence-corrected chi connectivity index (χ0v) is 13.9. The number of hydrogen-bond acceptors (Lipinski definition) is 3. The number of amides is 1. The number of anilines is 1. The van der Waals surface area contributed by atoms with Gasteiger partial charge in [0.2, 0.25) is 5.91 Å². The van der Waals surface area contributed by atoms with Crippen LogP contribution in [0, 0.1) is 6.92 Å². The molecule has 0 aliphatic carbocycles. The van der Waals surface area contributed by atoms with Gasteiger partial charge in [0.15, 0.2) is 5.58 Å². The molecular formula is C19H17N3O3. The highest BCUT2D eigenvalue weighted by molar-refractivity contribution is 5.94. The molecule has 0 saturated heterocycles. The number of carbonyl (C=O) groups excluding carboxylic acids is 1. The minimum absolute atomic E-state index is 0.140. The summed E-state index contributed by atoms with van der Waals surface area (Å²) < 4.78 is 8.51. The third-order valence-corrected chi connectivity index (χ3v) is 4.38. The van der Waals surface area contributed by atoms with Gasteiger partial charge in [0.1, 0.15) is 6.54 Å². The van der Waals surface area contributed by atoms with E-state index in [4.69, 9.17) is 4.42 Å². The molecule has 0 bridgehead atoms. The lowest BCUT2D eigenvalue weighted by atomic mass is 10.2. The predicted octanol–water partition coefficient (Wildman–Crippen LogP) is 3.03. The molecule has 0 aliphatic heterocycles. The van der Waals surface area contributed by atoms with Crippen molar-refractivity contribution in [2.24, 2.45) is 7.05 Å². The number of para-hydroxylation sites is 1. The Balaban J connectivity index is 1.58. The molecule has 2 aromatic carbocycles. The lowest BCUT2D eigenvalue weighted by Crippen LogP contribution is -2.18. The number of aromatic nitrogens is 2. The first-order chi connectivity index (χ1) is 12.0. The summed E-state index contributed by atoms with van der Waals surface area (Å²) in [5.74, 6) is -0.564. The topological polar surface area (TPSA) is 69.2 Å². The monoisotopic (exact) mass is 335 g/mol. The molecule has 2 aromatic heterocycles. The van der Waals surface area contributed by atoms with E-state index < -0.39 is 5.76 Å². The van der Waals surface area contributed by atoms with Crippen LogP contribution in [0.4, 0.5) is 5.69 Å². The van der Waals surface area contributed by atoms with Gasteiger partial charge in [-0.1, -0.05) is 18.2 Å². The summed E-state index contributed by atoms with van der Waals surface area (Å²) in [7, 11) is 1.64. The fourth-order valence-electron chi connectivity index (χ4n) is 3.13. The molecule has 0 radical (unpaired) electrons. The van der Waals surface area contributed by atoms with Crippen molar-refractivity contribution in [1.29, 1.82) is 0 Å². The first-order valence-corrected chi connectivity index (χ1v) is 7.97. The number of oxazole rings is 1. The van der Waals surface area contributed by atoms with E-state index in [1.807, 2.05) is 42.0 Å². The van der Waals surface area contributed by atoms with Crippen molar-refractivity contribution in [3.63, 3.8) is 0 Å². The average molecular weight is 335 g/mol. The van der Waals surface area contributed by atoms with Gasteiger partial charge in [-0.15, -0.1) is 0 Å². The van der Waals surface area contributed by atoms with Gasteiger partial charge in [0.05, 0.1) is 5.52 Å². The summed E-state index contributed by atoms with van der Waals surface area (Å²) in [5.41, 5.74) is 3.90. The molecule has 0 fully saturated rings. The van der Waals surface area contributed by atoms with Gasteiger partial charge in [-0.25, -0.2) is 4.79 Å². The highest BCUT2D eigenvalue weighted by atomic mass is 16.4. The highest BCUT2D eigenvalue weighted by Crippen LogP contribution is 2.21. The summed E-state index contributed by atoms with van der Waals surface area (Å²) in [6.45, 7) is 2.24. The maximum Gasteiger partial charge on any atom is 0.419 e. The molecular weight excluding hydrogens is 318 g/mol. The molecule has 1 amide bonds. The summed E-state index contributed by atoms with van der Waals surface area (Å²) in [6.07, 6.45) is 1.98. The average Bonchev–Trinajstić information content (AvgIpc) is 3.05. The largest absolute Gasteiger partial charge is 0.419 e. The van der Waals surface area contributed by atoms with Crippen molar-refractivity contribution in [2.45, 2.75) is 13.5 Å². The maximum atomic E-state index is 12.4. The number of carbonyl (C=O) groups is 1. The minimum atomic E-state index is -0.423. The Bertz CT molecular complexity index is 1160. The number of aryl methyl sites for hydroxylation is 2.